The fraction of sp³-hybridized carbons (Fsp3) is 0.308. The molecule has 0 saturated heterocycles. The van der Waals surface area contributed by atoms with Crippen LogP contribution in [0.1, 0.15) is 31.1 Å². The monoisotopic (exact) mass is 282 g/mol. The average Bonchev–Trinajstić information content (AvgIpc) is 2.50. The molecule has 1 aromatic rings. The standard InChI is InChI=1S/C13H14O7/c1-17-8-6-5-7(11(14)18-2)9(12(15)19-3)10(8)13(16)20-4/h5-6H,1-4H3. The first-order chi connectivity index (χ1) is 9.51. The van der Waals surface area contributed by atoms with Crippen LogP contribution in [0.15, 0.2) is 12.1 Å². The third kappa shape index (κ3) is 2.71. The molecule has 0 aromatic heterocycles. The molecule has 1 rings (SSSR count). The first kappa shape index (κ1) is 15.5. The Labute approximate surface area is 115 Å². The molecule has 0 saturated carbocycles. The van der Waals surface area contributed by atoms with Crippen molar-refractivity contribution in [2.24, 2.45) is 0 Å². The van der Waals surface area contributed by atoms with Gasteiger partial charge in [-0.2, -0.15) is 0 Å². The van der Waals surface area contributed by atoms with E-state index in [9.17, 15) is 14.4 Å². The van der Waals surface area contributed by atoms with Crippen molar-refractivity contribution in [3.8, 4) is 5.75 Å². The molecular formula is C13H14O7. The summed E-state index contributed by atoms with van der Waals surface area (Å²) in [5.74, 6) is -2.39. The number of carbonyl (C=O) groups is 3. The van der Waals surface area contributed by atoms with Gasteiger partial charge < -0.3 is 18.9 Å². The van der Waals surface area contributed by atoms with Gasteiger partial charge in [-0.15, -0.1) is 0 Å². The van der Waals surface area contributed by atoms with Gasteiger partial charge in [-0.05, 0) is 12.1 Å². The predicted octanol–water partition coefficient (Wildman–Crippen LogP) is 1.06. The molecule has 1 aromatic carbocycles. The van der Waals surface area contributed by atoms with Crippen LogP contribution >= 0.6 is 0 Å². The summed E-state index contributed by atoms with van der Waals surface area (Å²) in [6, 6.07) is 2.67. The lowest BCUT2D eigenvalue weighted by Gasteiger charge is -2.14. The predicted molar refractivity (Wildman–Crippen MR) is 67.0 cm³/mol. The molecule has 0 spiro atoms. The van der Waals surface area contributed by atoms with Crippen LogP contribution in [0.4, 0.5) is 0 Å². The van der Waals surface area contributed by atoms with Gasteiger partial charge in [-0.25, -0.2) is 14.4 Å². The van der Waals surface area contributed by atoms with Crippen LogP contribution in [0.25, 0.3) is 0 Å². The SMILES string of the molecule is COC(=O)c1ccc(OC)c(C(=O)OC)c1C(=O)OC. The second-order valence-corrected chi connectivity index (χ2v) is 3.54. The summed E-state index contributed by atoms with van der Waals surface area (Å²) in [5, 5.41) is 0. The molecular weight excluding hydrogens is 268 g/mol. The van der Waals surface area contributed by atoms with Crippen molar-refractivity contribution in [3.05, 3.63) is 28.8 Å². The molecule has 0 fully saturated rings. The molecule has 0 unspecified atom stereocenters. The maximum Gasteiger partial charge on any atom is 0.342 e. The summed E-state index contributed by atoms with van der Waals surface area (Å²) in [5.41, 5.74) is -0.559. The van der Waals surface area contributed by atoms with Crippen molar-refractivity contribution in [2.75, 3.05) is 28.4 Å². The number of benzene rings is 1. The van der Waals surface area contributed by atoms with Crippen LogP contribution in [-0.4, -0.2) is 46.3 Å². The van der Waals surface area contributed by atoms with Gasteiger partial charge in [-0.3, -0.25) is 0 Å². The molecule has 0 aliphatic rings. The minimum atomic E-state index is -0.871. The van der Waals surface area contributed by atoms with Gasteiger partial charge in [0.25, 0.3) is 0 Å². The second-order valence-electron chi connectivity index (χ2n) is 3.54. The number of hydrogen-bond donors (Lipinski definition) is 0. The number of methoxy groups -OCH3 is 4. The minimum absolute atomic E-state index is 0.0879. The molecule has 20 heavy (non-hydrogen) atoms. The van der Waals surface area contributed by atoms with Gasteiger partial charge in [0.1, 0.15) is 11.3 Å². The van der Waals surface area contributed by atoms with Gasteiger partial charge in [0, 0.05) is 0 Å². The second kappa shape index (κ2) is 6.55. The number of esters is 3. The van der Waals surface area contributed by atoms with E-state index in [0.717, 1.165) is 21.3 Å². The Morgan fingerprint density at radius 1 is 0.750 bits per heavy atom. The molecule has 0 radical (unpaired) electrons. The quantitative estimate of drug-likeness (QED) is 0.602. The molecule has 0 aliphatic heterocycles. The van der Waals surface area contributed by atoms with E-state index in [1.54, 1.807) is 0 Å². The van der Waals surface area contributed by atoms with Gasteiger partial charge >= 0.3 is 17.9 Å². The number of ether oxygens (including phenoxy) is 4. The molecule has 0 aliphatic carbocycles. The van der Waals surface area contributed by atoms with Crippen molar-refractivity contribution in [1.29, 1.82) is 0 Å². The molecule has 7 nitrogen and oxygen atoms in total. The summed E-state index contributed by atoms with van der Waals surface area (Å²) >= 11 is 0. The Hall–Kier alpha value is -2.57. The smallest absolute Gasteiger partial charge is 0.342 e. The fourth-order valence-corrected chi connectivity index (χ4v) is 1.65. The highest BCUT2D eigenvalue weighted by atomic mass is 16.5. The van der Waals surface area contributed by atoms with E-state index in [1.165, 1.54) is 19.2 Å². The van der Waals surface area contributed by atoms with Crippen molar-refractivity contribution in [1.82, 2.24) is 0 Å². The van der Waals surface area contributed by atoms with Crippen LogP contribution in [0.2, 0.25) is 0 Å². The number of hydrogen-bond acceptors (Lipinski definition) is 7. The zero-order valence-corrected chi connectivity index (χ0v) is 11.5. The van der Waals surface area contributed by atoms with E-state index in [2.05, 4.69) is 14.2 Å². The van der Waals surface area contributed by atoms with Crippen LogP contribution < -0.4 is 4.74 Å². The Morgan fingerprint density at radius 3 is 1.70 bits per heavy atom. The summed E-state index contributed by atoms with van der Waals surface area (Å²) in [7, 11) is 4.75. The molecule has 108 valence electrons. The van der Waals surface area contributed by atoms with E-state index in [1.807, 2.05) is 0 Å². The van der Waals surface area contributed by atoms with Gasteiger partial charge in [0.15, 0.2) is 0 Å². The van der Waals surface area contributed by atoms with Crippen LogP contribution in [-0.2, 0) is 14.2 Å². The Bertz CT molecular complexity index is 548. The van der Waals surface area contributed by atoms with Crippen molar-refractivity contribution >= 4 is 17.9 Å². The van der Waals surface area contributed by atoms with Gasteiger partial charge in [0.05, 0.1) is 39.6 Å². The molecule has 0 bridgehead atoms. The highest BCUT2D eigenvalue weighted by Gasteiger charge is 2.29. The molecule has 0 amide bonds. The largest absolute Gasteiger partial charge is 0.496 e. The molecule has 0 N–H and O–H groups in total. The third-order valence-electron chi connectivity index (χ3n) is 2.57. The van der Waals surface area contributed by atoms with E-state index >= 15 is 0 Å². The molecule has 0 heterocycles. The molecule has 0 atom stereocenters. The highest BCUT2D eigenvalue weighted by molar-refractivity contribution is 6.11. The third-order valence-corrected chi connectivity index (χ3v) is 2.57. The first-order valence-corrected chi connectivity index (χ1v) is 5.47. The van der Waals surface area contributed by atoms with Crippen molar-refractivity contribution < 1.29 is 33.3 Å². The zero-order valence-electron chi connectivity index (χ0n) is 11.5. The molecule has 7 heteroatoms. The van der Waals surface area contributed by atoms with Crippen molar-refractivity contribution in [2.45, 2.75) is 0 Å². The summed E-state index contributed by atoms with van der Waals surface area (Å²) in [4.78, 5) is 35.4. The van der Waals surface area contributed by atoms with Gasteiger partial charge in [-0.1, -0.05) is 0 Å². The number of carbonyl (C=O) groups excluding carboxylic acids is 3. The van der Waals surface area contributed by atoms with Crippen LogP contribution in [0.3, 0.4) is 0 Å². The van der Waals surface area contributed by atoms with E-state index in [0.29, 0.717) is 0 Å². The summed E-state index contributed by atoms with van der Waals surface area (Å²) < 4.78 is 18.8. The average molecular weight is 282 g/mol. The lowest BCUT2D eigenvalue weighted by atomic mass is 9.99. The topological polar surface area (TPSA) is 88.1 Å². The summed E-state index contributed by atoms with van der Waals surface area (Å²) in [6.07, 6.45) is 0. The van der Waals surface area contributed by atoms with Crippen molar-refractivity contribution in [3.63, 3.8) is 0 Å². The Kier molecular flexibility index (Phi) is 5.08. The van der Waals surface area contributed by atoms with E-state index in [-0.39, 0.29) is 22.4 Å². The fourth-order valence-electron chi connectivity index (χ4n) is 1.65. The van der Waals surface area contributed by atoms with Crippen LogP contribution in [0, 0.1) is 0 Å². The lowest BCUT2D eigenvalue weighted by Crippen LogP contribution is -2.19. The maximum atomic E-state index is 11.9. The Balaban J connectivity index is 3.69. The minimum Gasteiger partial charge on any atom is -0.496 e. The van der Waals surface area contributed by atoms with Gasteiger partial charge in [0.2, 0.25) is 0 Å². The lowest BCUT2D eigenvalue weighted by molar-refractivity contribution is 0.0533. The number of rotatable bonds is 4. The highest BCUT2D eigenvalue weighted by Crippen LogP contribution is 2.27. The Morgan fingerprint density at radius 2 is 1.25 bits per heavy atom. The van der Waals surface area contributed by atoms with Crippen LogP contribution in [0.5, 0.6) is 5.75 Å². The van der Waals surface area contributed by atoms with E-state index < -0.39 is 17.9 Å². The first-order valence-electron chi connectivity index (χ1n) is 5.47. The summed E-state index contributed by atoms with van der Waals surface area (Å²) in [6.45, 7) is 0. The maximum absolute atomic E-state index is 11.9. The zero-order chi connectivity index (χ0) is 15.3. The van der Waals surface area contributed by atoms with E-state index in [4.69, 9.17) is 4.74 Å². The normalized spacial score (nSPS) is 9.60.